The lowest BCUT2D eigenvalue weighted by Crippen LogP contribution is -2.29. The molecule has 0 bridgehead atoms. The molecule has 2 aromatic carbocycles. The molecule has 0 aliphatic heterocycles. The number of aryl methyl sites for hydroxylation is 1. The van der Waals surface area contributed by atoms with Gasteiger partial charge in [-0.15, -0.1) is 11.3 Å². The maximum absolute atomic E-state index is 13.2. The van der Waals surface area contributed by atoms with Crippen molar-refractivity contribution in [1.82, 2.24) is 10.3 Å². The van der Waals surface area contributed by atoms with E-state index in [2.05, 4.69) is 17.2 Å². The summed E-state index contributed by atoms with van der Waals surface area (Å²) in [6.07, 6.45) is 2.15. The lowest BCUT2D eigenvalue weighted by molar-refractivity contribution is -0.121. The average Bonchev–Trinajstić information content (AvgIpc) is 3.02. The number of nitrogens with one attached hydrogen (secondary N) is 1. The van der Waals surface area contributed by atoms with Gasteiger partial charge in [0.15, 0.2) is 0 Å². The molecule has 1 heterocycles. The van der Waals surface area contributed by atoms with Crippen molar-refractivity contribution in [3.05, 3.63) is 75.9 Å². The SMILES string of the molecule is CCCC(NC(=O)Cc1sc(C)nc1-c1ccc(F)cc1)c1ccccc1. The minimum Gasteiger partial charge on any atom is -0.349 e. The Morgan fingerprint density at radius 2 is 1.85 bits per heavy atom. The van der Waals surface area contributed by atoms with E-state index in [1.54, 1.807) is 12.1 Å². The number of carbonyl (C=O) groups excluding carboxylic acids is 1. The van der Waals surface area contributed by atoms with Gasteiger partial charge in [-0.1, -0.05) is 43.7 Å². The van der Waals surface area contributed by atoms with Crippen LogP contribution in [0.15, 0.2) is 54.6 Å². The highest BCUT2D eigenvalue weighted by molar-refractivity contribution is 7.12. The zero-order chi connectivity index (χ0) is 19.2. The zero-order valence-corrected chi connectivity index (χ0v) is 16.4. The normalized spacial score (nSPS) is 12.0. The van der Waals surface area contributed by atoms with Gasteiger partial charge < -0.3 is 5.32 Å². The van der Waals surface area contributed by atoms with Crippen molar-refractivity contribution in [2.45, 2.75) is 39.2 Å². The van der Waals surface area contributed by atoms with Gasteiger partial charge in [0.05, 0.1) is 23.2 Å². The Balaban J connectivity index is 1.76. The van der Waals surface area contributed by atoms with Gasteiger partial charge in [0, 0.05) is 10.4 Å². The molecule has 1 atom stereocenters. The molecular formula is C22H23FN2OS. The number of hydrogen-bond donors (Lipinski definition) is 1. The number of rotatable bonds is 7. The van der Waals surface area contributed by atoms with Gasteiger partial charge in [-0.3, -0.25) is 4.79 Å². The summed E-state index contributed by atoms with van der Waals surface area (Å²) < 4.78 is 13.2. The fourth-order valence-corrected chi connectivity index (χ4v) is 4.07. The van der Waals surface area contributed by atoms with E-state index in [1.807, 2.05) is 37.3 Å². The second-order valence-corrected chi connectivity index (χ2v) is 7.80. The predicted molar refractivity (Wildman–Crippen MR) is 108 cm³/mol. The third-order valence-electron chi connectivity index (χ3n) is 4.36. The molecule has 0 saturated heterocycles. The molecule has 0 aliphatic carbocycles. The molecule has 0 spiro atoms. The van der Waals surface area contributed by atoms with Crippen molar-refractivity contribution in [2.24, 2.45) is 0 Å². The molecule has 1 unspecified atom stereocenters. The smallest absolute Gasteiger partial charge is 0.225 e. The van der Waals surface area contributed by atoms with E-state index in [1.165, 1.54) is 23.5 Å². The lowest BCUT2D eigenvalue weighted by Gasteiger charge is -2.18. The summed E-state index contributed by atoms with van der Waals surface area (Å²) in [5.41, 5.74) is 2.71. The number of amides is 1. The molecule has 3 nitrogen and oxygen atoms in total. The quantitative estimate of drug-likeness (QED) is 0.590. The molecule has 1 aromatic heterocycles. The van der Waals surface area contributed by atoms with Crippen LogP contribution in [0.25, 0.3) is 11.3 Å². The molecule has 140 valence electrons. The van der Waals surface area contributed by atoms with Crippen molar-refractivity contribution in [1.29, 1.82) is 0 Å². The van der Waals surface area contributed by atoms with Crippen LogP contribution in [0.1, 0.15) is 41.3 Å². The number of benzene rings is 2. The van der Waals surface area contributed by atoms with Crippen LogP contribution >= 0.6 is 11.3 Å². The number of thiazole rings is 1. The average molecular weight is 383 g/mol. The van der Waals surface area contributed by atoms with E-state index in [9.17, 15) is 9.18 Å². The van der Waals surface area contributed by atoms with Crippen LogP contribution in [0.2, 0.25) is 0 Å². The second kappa shape index (κ2) is 8.91. The van der Waals surface area contributed by atoms with Crippen LogP contribution in [0.5, 0.6) is 0 Å². The maximum Gasteiger partial charge on any atom is 0.225 e. The van der Waals surface area contributed by atoms with Gasteiger partial charge in [0.1, 0.15) is 5.82 Å². The molecule has 3 aromatic rings. The highest BCUT2D eigenvalue weighted by Gasteiger charge is 2.18. The highest BCUT2D eigenvalue weighted by atomic mass is 32.1. The molecule has 0 radical (unpaired) electrons. The van der Waals surface area contributed by atoms with Gasteiger partial charge in [-0.25, -0.2) is 9.37 Å². The second-order valence-electron chi connectivity index (χ2n) is 6.51. The molecule has 1 amide bonds. The van der Waals surface area contributed by atoms with Crippen LogP contribution in [0.3, 0.4) is 0 Å². The number of halogens is 1. The largest absolute Gasteiger partial charge is 0.349 e. The monoisotopic (exact) mass is 382 g/mol. The number of nitrogens with zero attached hydrogens (tertiary/aromatic N) is 1. The van der Waals surface area contributed by atoms with Crippen molar-refractivity contribution in [3.8, 4) is 11.3 Å². The van der Waals surface area contributed by atoms with E-state index in [4.69, 9.17) is 0 Å². The van der Waals surface area contributed by atoms with Crippen molar-refractivity contribution in [3.63, 3.8) is 0 Å². The zero-order valence-electron chi connectivity index (χ0n) is 15.5. The van der Waals surface area contributed by atoms with Crippen molar-refractivity contribution in [2.75, 3.05) is 0 Å². The van der Waals surface area contributed by atoms with Gasteiger partial charge in [-0.2, -0.15) is 0 Å². The molecule has 3 rings (SSSR count). The Bertz CT molecular complexity index is 890. The first-order valence-electron chi connectivity index (χ1n) is 9.13. The van der Waals surface area contributed by atoms with E-state index >= 15 is 0 Å². The summed E-state index contributed by atoms with van der Waals surface area (Å²) in [6.45, 7) is 4.03. The lowest BCUT2D eigenvalue weighted by atomic mass is 10.0. The Hall–Kier alpha value is -2.53. The summed E-state index contributed by atoms with van der Waals surface area (Å²) in [6, 6.07) is 16.3. The Kier molecular flexibility index (Phi) is 6.35. The van der Waals surface area contributed by atoms with Gasteiger partial charge in [-0.05, 0) is 43.2 Å². The summed E-state index contributed by atoms with van der Waals surface area (Å²) in [7, 11) is 0. The van der Waals surface area contributed by atoms with E-state index in [-0.39, 0.29) is 24.2 Å². The van der Waals surface area contributed by atoms with Gasteiger partial charge >= 0.3 is 0 Å². The van der Waals surface area contributed by atoms with Crippen molar-refractivity contribution < 1.29 is 9.18 Å². The number of carbonyl (C=O) groups is 1. The molecule has 0 aliphatic rings. The molecule has 0 fully saturated rings. The first-order chi connectivity index (χ1) is 13.1. The standard InChI is InChI=1S/C22H23FN2OS/c1-3-7-19(16-8-5-4-6-9-16)25-21(26)14-20-22(24-15(2)27-20)17-10-12-18(23)13-11-17/h4-6,8-13,19H,3,7,14H2,1-2H3,(H,25,26). The van der Waals surface area contributed by atoms with Crippen LogP contribution in [-0.2, 0) is 11.2 Å². The summed E-state index contributed by atoms with van der Waals surface area (Å²) in [5.74, 6) is -0.306. The van der Waals surface area contributed by atoms with Crippen LogP contribution in [0, 0.1) is 12.7 Å². The van der Waals surface area contributed by atoms with Crippen molar-refractivity contribution >= 4 is 17.2 Å². The molecule has 5 heteroatoms. The first-order valence-corrected chi connectivity index (χ1v) is 9.95. The maximum atomic E-state index is 13.2. The summed E-state index contributed by atoms with van der Waals surface area (Å²) in [5, 5.41) is 4.05. The first kappa shape index (κ1) is 19.2. The van der Waals surface area contributed by atoms with Crippen LogP contribution in [0.4, 0.5) is 4.39 Å². The van der Waals surface area contributed by atoms with E-state index in [0.29, 0.717) is 0 Å². The topological polar surface area (TPSA) is 42.0 Å². The highest BCUT2D eigenvalue weighted by Crippen LogP contribution is 2.29. The summed E-state index contributed by atoms with van der Waals surface area (Å²) >= 11 is 1.51. The van der Waals surface area contributed by atoms with Crippen LogP contribution < -0.4 is 5.32 Å². The van der Waals surface area contributed by atoms with Crippen LogP contribution in [-0.4, -0.2) is 10.9 Å². The van der Waals surface area contributed by atoms with E-state index in [0.717, 1.165) is 39.5 Å². The van der Waals surface area contributed by atoms with Gasteiger partial charge in [0.25, 0.3) is 0 Å². The van der Waals surface area contributed by atoms with Gasteiger partial charge in [0.2, 0.25) is 5.91 Å². The molecular weight excluding hydrogens is 359 g/mol. The minimum absolute atomic E-state index is 0.00647. The molecule has 1 N–H and O–H groups in total. The summed E-state index contributed by atoms with van der Waals surface area (Å²) in [4.78, 5) is 18.2. The Labute approximate surface area is 163 Å². The Morgan fingerprint density at radius 3 is 2.52 bits per heavy atom. The fourth-order valence-electron chi connectivity index (χ4n) is 3.11. The van der Waals surface area contributed by atoms with E-state index < -0.39 is 0 Å². The predicted octanol–water partition coefficient (Wildman–Crippen LogP) is 5.46. The minimum atomic E-state index is -0.282. The molecule has 27 heavy (non-hydrogen) atoms. The fraction of sp³-hybridized carbons (Fsp3) is 0.273. The molecule has 0 saturated carbocycles. The number of hydrogen-bond acceptors (Lipinski definition) is 3. The Morgan fingerprint density at radius 1 is 1.15 bits per heavy atom. The number of aromatic nitrogens is 1. The third-order valence-corrected chi connectivity index (χ3v) is 5.33. The third kappa shape index (κ3) is 5.01.